The highest BCUT2D eigenvalue weighted by Crippen LogP contribution is 2.27. The van der Waals surface area contributed by atoms with E-state index in [0.717, 1.165) is 55.0 Å². The Kier molecular flexibility index (Phi) is 8.86. The molecular formula is C29H38N4O5. The number of carboxylic acids is 1. The SMILES string of the molecule is Cc1oc([C@@H](Cc2c[nH]c3ccccc23)NC(=O)[C@H](CC(C)C)NC(=O)C2CCCCCC2)nc1C(=O)O. The van der Waals surface area contributed by atoms with Gasteiger partial charge < -0.3 is 25.1 Å². The van der Waals surface area contributed by atoms with Crippen molar-refractivity contribution in [3.05, 3.63) is 53.4 Å². The minimum Gasteiger partial charge on any atom is -0.476 e. The van der Waals surface area contributed by atoms with Gasteiger partial charge in [-0.2, -0.15) is 0 Å². The van der Waals surface area contributed by atoms with E-state index in [1.54, 1.807) is 6.92 Å². The van der Waals surface area contributed by atoms with Gasteiger partial charge in [0.25, 0.3) is 0 Å². The molecule has 0 aliphatic heterocycles. The number of aryl methyl sites for hydroxylation is 1. The topological polar surface area (TPSA) is 137 Å². The van der Waals surface area contributed by atoms with Crippen LogP contribution in [-0.2, 0) is 16.0 Å². The molecule has 4 N–H and O–H groups in total. The number of carbonyl (C=O) groups excluding carboxylic acids is 2. The molecule has 2 heterocycles. The van der Waals surface area contributed by atoms with Crippen LogP contribution in [0.4, 0.5) is 0 Å². The average molecular weight is 523 g/mol. The number of hydrogen-bond donors (Lipinski definition) is 4. The number of nitrogens with one attached hydrogen (secondary N) is 3. The molecule has 0 spiro atoms. The van der Waals surface area contributed by atoms with Crippen molar-refractivity contribution in [2.45, 2.75) is 84.2 Å². The normalized spacial score (nSPS) is 16.2. The zero-order chi connectivity index (χ0) is 27.2. The van der Waals surface area contributed by atoms with Crippen molar-refractivity contribution in [1.29, 1.82) is 0 Å². The van der Waals surface area contributed by atoms with E-state index >= 15 is 0 Å². The Morgan fingerprint density at radius 3 is 2.47 bits per heavy atom. The maximum absolute atomic E-state index is 13.6. The van der Waals surface area contributed by atoms with Gasteiger partial charge in [-0.3, -0.25) is 9.59 Å². The van der Waals surface area contributed by atoms with Crippen LogP contribution in [0.15, 0.2) is 34.9 Å². The third-order valence-electron chi connectivity index (χ3n) is 7.30. The van der Waals surface area contributed by atoms with Crippen LogP contribution < -0.4 is 10.6 Å². The lowest BCUT2D eigenvalue weighted by molar-refractivity contribution is -0.132. The van der Waals surface area contributed by atoms with E-state index < -0.39 is 18.1 Å². The van der Waals surface area contributed by atoms with Crippen LogP contribution in [0.2, 0.25) is 0 Å². The summed E-state index contributed by atoms with van der Waals surface area (Å²) in [6, 6.07) is 6.38. The van der Waals surface area contributed by atoms with E-state index in [0.29, 0.717) is 12.8 Å². The van der Waals surface area contributed by atoms with Gasteiger partial charge in [0.05, 0.1) is 0 Å². The summed E-state index contributed by atoms with van der Waals surface area (Å²) in [4.78, 5) is 45.9. The van der Waals surface area contributed by atoms with Crippen LogP contribution in [0.5, 0.6) is 0 Å². The number of carbonyl (C=O) groups is 3. The van der Waals surface area contributed by atoms with Crippen molar-refractivity contribution in [2.75, 3.05) is 0 Å². The summed E-state index contributed by atoms with van der Waals surface area (Å²) in [6.07, 6.45) is 8.72. The molecule has 0 unspecified atom stereocenters. The Morgan fingerprint density at radius 1 is 1.11 bits per heavy atom. The fraction of sp³-hybridized carbons (Fsp3) is 0.517. The first-order valence-electron chi connectivity index (χ1n) is 13.6. The number of benzene rings is 1. The van der Waals surface area contributed by atoms with E-state index in [9.17, 15) is 19.5 Å². The number of amides is 2. The molecule has 1 aliphatic carbocycles. The van der Waals surface area contributed by atoms with Crippen LogP contribution in [0.1, 0.15) is 92.5 Å². The number of hydrogen-bond acceptors (Lipinski definition) is 5. The molecule has 2 amide bonds. The molecule has 0 radical (unpaired) electrons. The van der Waals surface area contributed by atoms with Gasteiger partial charge in [0, 0.05) is 29.4 Å². The molecule has 1 aromatic carbocycles. The first-order valence-corrected chi connectivity index (χ1v) is 13.6. The van der Waals surface area contributed by atoms with Gasteiger partial charge in [0.15, 0.2) is 5.69 Å². The lowest BCUT2D eigenvalue weighted by Gasteiger charge is -2.25. The number of oxazole rings is 1. The van der Waals surface area contributed by atoms with Gasteiger partial charge in [-0.05, 0) is 43.7 Å². The number of carboxylic acid groups (broad SMARTS) is 1. The Hall–Kier alpha value is -3.62. The standard InChI is InChI=1S/C29H38N4O5/c1-17(2)14-23(31-26(34)19-10-6-4-5-7-11-19)27(35)32-24(28-33-25(29(36)37)18(3)38-28)15-20-16-30-22-13-9-8-12-21(20)22/h8-9,12-13,16-17,19,23-24,30H,4-7,10-11,14-15H2,1-3H3,(H,31,34)(H,32,35)(H,36,37)/t23-,24+/m0/s1. The summed E-state index contributed by atoms with van der Waals surface area (Å²) in [7, 11) is 0. The van der Waals surface area contributed by atoms with Gasteiger partial charge >= 0.3 is 5.97 Å². The number of aromatic nitrogens is 2. The van der Waals surface area contributed by atoms with Crippen LogP contribution >= 0.6 is 0 Å². The fourth-order valence-electron chi connectivity index (χ4n) is 5.29. The van der Waals surface area contributed by atoms with Crippen molar-refractivity contribution >= 4 is 28.7 Å². The summed E-state index contributed by atoms with van der Waals surface area (Å²) in [5, 5.41) is 16.6. The first-order chi connectivity index (χ1) is 18.2. The molecule has 38 heavy (non-hydrogen) atoms. The number of aromatic carboxylic acids is 1. The molecule has 4 rings (SSSR count). The number of nitrogens with zero attached hydrogens (tertiary/aromatic N) is 1. The number of rotatable bonds is 10. The quantitative estimate of drug-likeness (QED) is 0.275. The Bertz CT molecular complexity index is 1270. The molecule has 1 fully saturated rings. The smallest absolute Gasteiger partial charge is 0.358 e. The minimum atomic E-state index is -1.19. The predicted octanol–water partition coefficient (Wildman–Crippen LogP) is 5.06. The molecule has 0 saturated heterocycles. The maximum Gasteiger partial charge on any atom is 0.358 e. The summed E-state index contributed by atoms with van der Waals surface area (Å²) in [5.74, 6) is -1.20. The first kappa shape index (κ1) is 27.4. The third-order valence-corrected chi connectivity index (χ3v) is 7.30. The van der Waals surface area contributed by atoms with E-state index in [1.807, 2.05) is 44.3 Å². The predicted molar refractivity (Wildman–Crippen MR) is 144 cm³/mol. The highest BCUT2D eigenvalue weighted by atomic mass is 16.4. The van der Waals surface area contributed by atoms with Crippen molar-refractivity contribution in [1.82, 2.24) is 20.6 Å². The molecule has 204 valence electrons. The van der Waals surface area contributed by atoms with Crippen molar-refractivity contribution in [3.8, 4) is 0 Å². The number of aromatic amines is 1. The van der Waals surface area contributed by atoms with Crippen molar-refractivity contribution < 1.29 is 23.9 Å². The van der Waals surface area contributed by atoms with E-state index in [-0.39, 0.29) is 41.0 Å². The molecule has 9 heteroatoms. The zero-order valence-electron chi connectivity index (χ0n) is 22.4. The lowest BCUT2D eigenvalue weighted by atomic mass is 9.97. The Morgan fingerprint density at radius 2 is 1.82 bits per heavy atom. The fourth-order valence-corrected chi connectivity index (χ4v) is 5.29. The highest BCUT2D eigenvalue weighted by Gasteiger charge is 2.31. The monoisotopic (exact) mass is 522 g/mol. The number of para-hydroxylation sites is 1. The number of fused-ring (bicyclic) bond motifs is 1. The zero-order valence-corrected chi connectivity index (χ0v) is 22.4. The summed E-state index contributed by atoms with van der Waals surface area (Å²) >= 11 is 0. The Balaban J connectivity index is 1.59. The van der Waals surface area contributed by atoms with Crippen LogP contribution in [0, 0.1) is 18.8 Å². The van der Waals surface area contributed by atoms with Crippen LogP contribution in [0.25, 0.3) is 10.9 Å². The molecule has 0 bridgehead atoms. The molecule has 9 nitrogen and oxygen atoms in total. The molecule has 2 aromatic heterocycles. The summed E-state index contributed by atoms with van der Waals surface area (Å²) in [5.41, 5.74) is 1.70. The van der Waals surface area contributed by atoms with Gasteiger partial charge in [0.2, 0.25) is 17.7 Å². The third kappa shape index (κ3) is 6.62. The van der Waals surface area contributed by atoms with E-state index in [1.165, 1.54) is 0 Å². The van der Waals surface area contributed by atoms with Gasteiger partial charge in [-0.25, -0.2) is 9.78 Å². The van der Waals surface area contributed by atoms with E-state index in [2.05, 4.69) is 20.6 Å². The van der Waals surface area contributed by atoms with Crippen LogP contribution in [0.3, 0.4) is 0 Å². The highest BCUT2D eigenvalue weighted by molar-refractivity contribution is 5.89. The molecule has 1 aliphatic rings. The summed E-state index contributed by atoms with van der Waals surface area (Å²) < 4.78 is 5.75. The van der Waals surface area contributed by atoms with Crippen molar-refractivity contribution in [3.63, 3.8) is 0 Å². The molecular weight excluding hydrogens is 484 g/mol. The second kappa shape index (κ2) is 12.3. The van der Waals surface area contributed by atoms with Gasteiger partial charge in [-0.1, -0.05) is 57.7 Å². The average Bonchev–Trinajstić information content (AvgIpc) is 3.35. The minimum absolute atomic E-state index is 0.0685. The van der Waals surface area contributed by atoms with E-state index in [4.69, 9.17) is 4.42 Å². The largest absolute Gasteiger partial charge is 0.476 e. The lowest BCUT2D eigenvalue weighted by Crippen LogP contribution is -2.50. The van der Waals surface area contributed by atoms with Crippen LogP contribution in [-0.4, -0.2) is 38.9 Å². The number of H-pyrrole nitrogens is 1. The Labute approximate surface area is 222 Å². The second-order valence-electron chi connectivity index (χ2n) is 10.8. The molecule has 2 atom stereocenters. The van der Waals surface area contributed by atoms with Crippen molar-refractivity contribution in [2.24, 2.45) is 11.8 Å². The van der Waals surface area contributed by atoms with Gasteiger partial charge in [0.1, 0.15) is 17.8 Å². The van der Waals surface area contributed by atoms with Gasteiger partial charge in [-0.15, -0.1) is 0 Å². The summed E-state index contributed by atoms with van der Waals surface area (Å²) in [6.45, 7) is 5.56. The second-order valence-corrected chi connectivity index (χ2v) is 10.8. The molecule has 1 saturated carbocycles. The maximum atomic E-state index is 13.6. The molecule has 3 aromatic rings.